The van der Waals surface area contributed by atoms with Crippen molar-refractivity contribution >= 4 is 23.5 Å². The van der Waals surface area contributed by atoms with Crippen LogP contribution in [0.25, 0.3) is 0 Å². The van der Waals surface area contributed by atoms with Crippen LogP contribution in [0.5, 0.6) is 0 Å². The van der Waals surface area contributed by atoms with E-state index in [4.69, 9.17) is 14.6 Å². The average molecular weight is 425 g/mol. The number of Topliss-reactive ketones (excluding diaryl/α,β-unsaturated/α-hetero) is 1. The number of ether oxygens (including phenoxy) is 2. The fourth-order valence-electron chi connectivity index (χ4n) is 3.08. The Bertz CT molecular complexity index is 536. The first-order chi connectivity index (χ1) is 12.8. The number of hydrogen-bond acceptors (Lipinski definition) is 9. The fourth-order valence-corrected chi connectivity index (χ4v) is 3.86. The molecule has 1 fully saturated rings. The summed E-state index contributed by atoms with van der Waals surface area (Å²) >= 11 is 1.55. The highest BCUT2D eigenvalue weighted by Crippen LogP contribution is 2.38. The molecule has 1 rings (SSSR count). The lowest BCUT2D eigenvalue weighted by molar-refractivity contribution is -0.318. The third-order valence-electron chi connectivity index (χ3n) is 4.44. The van der Waals surface area contributed by atoms with Crippen molar-refractivity contribution in [3.8, 4) is 0 Å². The summed E-state index contributed by atoms with van der Waals surface area (Å²) in [6.07, 6.45) is -6.70. The van der Waals surface area contributed by atoms with Crippen molar-refractivity contribution in [2.24, 2.45) is 5.92 Å². The van der Waals surface area contributed by atoms with Gasteiger partial charge in [-0.3, -0.25) is 0 Å². The van der Waals surface area contributed by atoms with E-state index in [1.165, 1.54) is 6.92 Å². The molecule has 6 unspecified atom stereocenters. The maximum Gasteiger partial charge on any atom is 0.364 e. The lowest BCUT2D eigenvalue weighted by atomic mass is 9.80. The summed E-state index contributed by atoms with van der Waals surface area (Å²) in [5.41, 5.74) is 0. The lowest BCUT2D eigenvalue weighted by Crippen LogP contribution is -2.62. The monoisotopic (exact) mass is 424 g/mol. The van der Waals surface area contributed by atoms with Crippen LogP contribution in [-0.4, -0.2) is 91.2 Å². The predicted molar refractivity (Wildman–Crippen MR) is 102 cm³/mol. The molecule has 0 spiro atoms. The van der Waals surface area contributed by atoms with E-state index in [0.29, 0.717) is 5.75 Å². The van der Waals surface area contributed by atoms with E-state index in [0.717, 1.165) is 0 Å². The standard InChI is InChI=1S/C18H32O9S/c1-10(20)7-11-12(21)8-18(16(24)25,26-5-6-28-17(2,3)4)27-15(11)14(23)13(22)9-19/h11-15,19,21-23H,5-9H2,1-4H3,(H,24,25). The number of aliphatic carboxylic acids is 1. The Morgan fingerprint density at radius 2 is 1.93 bits per heavy atom. The van der Waals surface area contributed by atoms with Crippen LogP contribution in [0, 0.1) is 5.92 Å². The Kier molecular flexibility index (Phi) is 9.33. The second-order valence-corrected chi connectivity index (χ2v) is 9.95. The summed E-state index contributed by atoms with van der Waals surface area (Å²) in [7, 11) is 0. The molecule has 1 heterocycles. The third-order valence-corrected chi connectivity index (χ3v) is 5.68. The molecule has 0 aromatic rings. The minimum Gasteiger partial charge on any atom is -0.477 e. The van der Waals surface area contributed by atoms with Gasteiger partial charge in [0, 0.05) is 29.3 Å². The highest BCUT2D eigenvalue weighted by Gasteiger charge is 2.55. The molecule has 0 radical (unpaired) electrons. The summed E-state index contributed by atoms with van der Waals surface area (Å²) in [5, 5.41) is 49.5. The van der Waals surface area contributed by atoms with Crippen LogP contribution < -0.4 is 0 Å². The number of carbonyl (C=O) groups excluding carboxylic acids is 1. The van der Waals surface area contributed by atoms with Crippen molar-refractivity contribution in [1.82, 2.24) is 0 Å². The smallest absolute Gasteiger partial charge is 0.364 e. The summed E-state index contributed by atoms with van der Waals surface area (Å²) < 4.78 is 11.0. The zero-order valence-corrected chi connectivity index (χ0v) is 17.5. The van der Waals surface area contributed by atoms with Gasteiger partial charge in [-0.25, -0.2) is 4.79 Å². The van der Waals surface area contributed by atoms with Gasteiger partial charge in [-0.15, -0.1) is 0 Å². The molecule has 10 heteroatoms. The second-order valence-electron chi connectivity index (χ2n) is 8.03. The molecule has 0 saturated carbocycles. The lowest BCUT2D eigenvalue weighted by Gasteiger charge is -2.46. The Balaban J connectivity index is 3.05. The first-order valence-electron chi connectivity index (χ1n) is 9.16. The molecule has 0 bridgehead atoms. The summed E-state index contributed by atoms with van der Waals surface area (Å²) in [5.74, 6) is -4.49. The molecule has 9 nitrogen and oxygen atoms in total. The molecule has 1 aliphatic rings. The van der Waals surface area contributed by atoms with E-state index in [-0.39, 0.29) is 23.6 Å². The van der Waals surface area contributed by atoms with Crippen LogP contribution in [0.15, 0.2) is 0 Å². The summed E-state index contributed by atoms with van der Waals surface area (Å²) in [6, 6.07) is 0. The number of hydrogen-bond donors (Lipinski definition) is 5. The number of aliphatic hydroxyl groups excluding tert-OH is 4. The molecule has 0 aromatic heterocycles. The maximum absolute atomic E-state index is 11.9. The second kappa shape index (κ2) is 10.3. The van der Waals surface area contributed by atoms with Gasteiger partial charge in [0.25, 0.3) is 5.79 Å². The molecule has 164 valence electrons. The van der Waals surface area contributed by atoms with Gasteiger partial charge in [0.2, 0.25) is 0 Å². The molecule has 1 saturated heterocycles. The average Bonchev–Trinajstić information content (AvgIpc) is 2.58. The van der Waals surface area contributed by atoms with E-state index >= 15 is 0 Å². The van der Waals surface area contributed by atoms with Gasteiger partial charge in [-0.1, -0.05) is 20.8 Å². The van der Waals surface area contributed by atoms with Crippen LogP contribution in [0.4, 0.5) is 0 Å². The number of thioether (sulfide) groups is 1. The number of carboxylic acid groups (broad SMARTS) is 1. The molecule has 0 aliphatic carbocycles. The van der Waals surface area contributed by atoms with Crippen LogP contribution in [-0.2, 0) is 19.1 Å². The third kappa shape index (κ3) is 6.94. The van der Waals surface area contributed by atoms with Gasteiger partial charge in [0.1, 0.15) is 18.0 Å². The molecule has 6 atom stereocenters. The number of carbonyl (C=O) groups is 2. The van der Waals surface area contributed by atoms with E-state index in [2.05, 4.69) is 0 Å². The van der Waals surface area contributed by atoms with Crippen molar-refractivity contribution < 1.29 is 44.6 Å². The topological polar surface area (TPSA) is 154 Å². The molecule has 5 N–H and O–H groups in total. The molecule has 1 aliphatic heterocycles. The molecule has 28 heavy (non-hydrogen) atoms. The first kappa shape index (κ1) is 25.3. The van der Waals surface area contributed by atoms with Crippen LogP contribution in [0.3, 0.4) is 0 Å². The van der Waals surface area contributed by atoms with Gasteiger partial charge >= 0.3 is 5.97 Å². The summed E-state index contributed by atoms with van der Waals surface area (Å²) in [6.45, 7) is 6.51. The van der Waals surface area contributed by atoms with Gasteiger partial charge in [-0.05, 0) is 6.92 Å². The highest BCUT2D eigenvalue weighted by molar-refractivity contribution is 8.00. The Hall–Kier alpha value is -0.750. The van der Waals surface area contributed by atoms with Gasteiger partial charge in [0.05, 0.1) is 25.4 Å². The molecule has 0 aromatic carbocycles. The Morgan fingerprint density at radius 3 is 2.39 bits per heavy atom. The maximum atomic E-state index is 11.9. The fraction of sp³-hybridized carbons (Fsp3) is 0.889. The van der Waals surface area contributed by atoms with Crippen LogP contribution in [0.2, 0.25) is 0 Å². The molecular formula is C18H32O9S. The Morgan fingerprint density at radius 1 is 1.32 bits per heavy atom. The van der Waals surface area contributed by atoms with Crippen molar-refractivity contribution in [2.45, 2.75) is 75.5 Å². The first-order valence-corrected chi connectivity index (χ1v) is 10.1. The SMILES string of the molecule is CC(=O)CC1C(O)CC(OCCSC(C)(C)C)(C(=O)O)OC1C(O)C(O)CO. The predicted octanol–water partition coefficient (Wildman–Crippen LogP) is -0.225. The van der Waals surface area contributed by atoms with Crippen molar-refractivity contribution in [2.75, 3.05) is 19.0 Å². The minimum absolute atomic E-state index is 0.0176. The van der Waals surface area contributed by atoms with Crippen molar-refractivity contribution in [1.29, 1.82) is 0 Å². The highest BCUT2D eigenvalue weighted by atomic mass is 32.2. The van der Waals surface area contributed by atoms with E-state index in [1.54, 1.807) is 11.8 Å². The number of rotatable bonds is 10. The van der Waals surface area contributed by atoms with E-state index in [1.807, 2.05) is 20.8 Å². The van der Waals surface area contributed by atoms with Crippen molar-refractivity contribution in [3.05, 3.63) is 0 Å². The van der Waals surface area contributed by atoms with Gasteiger partial charge < -0.3 is 39.8 Å². The van der Waals surface area contributed by atoms with Gasteiger partial charge in [0.15, 0.2) is 0 Å². The zero-order chi connectivity index (χ0) is 21.7. The molecule has 0 amide bonds. The Labute approximate surface area is 169 Å². The van der Waals surface area contributed by atoms with Crippen molar-refractivity contribution in [3.63, 3.8) is 0 Å². The number of carboxylic acids is 1. The number of ketones is 1. The quantitative estimate of drug-likeness (QED) is 0.297. The van der Waals surface area contributed by atoms with Gasteiger partial charge in [-0.2, -0.15) is 11.8 Å². The molecular weight excluding hydrogens is 392 g/mol. The van der Waals surface area contributed by atoms with Crippen LogP contribution in [0.1, 0.15) is 40.5 Å². The van der Waals surface area contributed by atoms with Crippen LogP contribution >= 0.6 is 11.8 Å². The summed E-state index contributed by atoms with van der Waals surface area (Å²) in [4.78, 5) is 23.5. The number of aliphatic hydroxyl groups is 4. The largest absolute Gasteiger partial charge is 0.477 e. The normalized spacial score (nSPS) is 30.6. The van der Waals surface area contributed by atoms with E-state index in [9.17, 15) is 30.0 Å². The zero-order valence-electron chi connectivity index (χ0n) is 16.7. The minimum atomic E-state index is -2.23. The van der Waals surface area contributed by atoms with E-state index < -0.39 is 55.1 Å².